The fourth-order valence-electron chi connectivity index (χ4n) is 1.94. The lowest BCUT2D eigenvalue weighted by Crippen LogP contribution is -2.40. The second kappa shape index (κ2) is 7.72. The van der Waals surface area contributed by atoms with E-state index in [0.29, 0.717) is 25.3 Å². The quantitative estimate of drug-likeness (QED) is 0.766. The number of nitrogens with zero attached hydrogens (tertiary/aromatic N) is 1. The first-order valence-electron chi connectivity index (χ1n) is 6.21. The lowest BCUT2D eigenvalue weighted by Gasteiger charge is -2.29. The molecule has 0 radical (unpaired) electrons. The van der Waals surface area contributed by atoms with E-state index in [4.69, 9.17) is 10.5 Å². The summed E-state index contributed by atoms with van der Waals surface area (Å²) in [6.45, 7) is 1.10. The smallest absolute Gasteiger partial charge is 0.265 e. The molecule has 7 heteroatoms. The molecule has 1 aliphatic heterocycles. The van der Waals surface area contributed by atoms with Crippen LogP contribution in [0.25, 0.3) is 0 Å². The van der Waals surface area contributed by atoms with Crippen molar-refractivity contribution >= 4 is 29.9 Å². The van der Waals surface area contributed by atoms with E-state index < -0.39 is 0 Å². The number of fused-ring (bicyclic) bond motifs is 1. The highest BCUT2D eigenvalue weighted by atomic mass is 35.5. The summed E-state index contributed by atoms with van der Waals surface area (Å²) in [6, 6.07) is 7.42. The molecule has 1 aromatic carbocycles. The molecule has 0 saturated carbocycles. The molecule has 2 amide bonds. The molecule has 0 aliphatic carbocycles. The number of hydrogen-bond acceptors (Lipinski definition) is 4. The van der Waals surface area contributed by atoms with Crippen LogP contribution in [0.1, 0.15) is 6.42 Å². The van der Waals surface area contributed by atoms with Gasteiger partial charge in [-0.1, -0.05) is 12.1 Å². The van der Waals surface area contributed by atoms with Crippen LogP contribution in [0.5, 0.6) is 5.75 Å². The molecule has 0 saturated heterocycles. The second-order valence-electron chi connectivity index (χ2n) is 4.21. The van der Waals surface area contributed by atoms with Crippen molar-refractivity contribution in [3.63, 3.8) is 0 Å². The SMILES string of the molecule is Cl.NCC(=O)NCCCN1C(=O)COc2ccccc21. The number of nitrogens with one attached hydrogen (secondary N) is 1. The first-order chi connectivity index (χ1) is 9.22. The summed E-state index contributed by atoms with van der Waals surface area (Å²) in [6.07, 6.45) is 0.672. The predicted octanol–water partition coefficient (Wildman–Crippen LogP) is 0.299. The van der Waals surface area contributed by atoms with Crippen LogP contribution in [0.3, 0.4) is 0 Å². The summed E-state index contributed by atoms with van der Waals surface area (Å²) in [7, 11) is 0. The zero-order valence-electron chi connectivity index (χ0n) is 11.0. The van der Waals surface area contributed by atoms with Gasteiger partial charge in [0.25, 0.3) is 5.91 Å². The Morgan fingerprint density at radius 3 is 2.90 bits per heavy atom. The molecular weight excluding hydrogens is 282 g/mol. The Labute approximate surface area is 123 Å². The number of carbonyl (C=O) groups excluding carboxylic acids is 2. The molecule has 1 aromatic rings. The van der Waals surface area contributed by atoms with E-state index in [1.807, 2.05) is 24.3 Å². The van der Waals surface area contributed by atoms with Crippen LogP contribution in [-0.2, 0) is 9.59 Å². The van der Waals surface area contributed by atoms with Crippen LogP contribution in [-0.4, -0.2) is 38.1 Å². The van der Waals surface area contributed by atoms with Gasteiger partial charge in [0.1, 0.15) is 5.75 Å². The molecule has 0 spiro atoms. The van der Waals surface area contributed by atoms with Gasteiger partial charge >= 0.3 is 0 Å². The summed E-state index contributed by atoms with van der Waals surface area (Å²) in [5.41, 5.74) is 5.97. The Hall–Kier alpha value is -1.79. The maximum Gasteiger partial charge on any atom is 0.265 e. The highest BCUT2D eigenvalue weighted by Gasteiger charge is 2.24. The number of amides is 2. The maximum absolute atomic E-state index is 11.8. The average Bonchev–Trinajstić information content (AvgIpc) is 2.45. The largest absolute Gasteiger partial charge is 0.482 e. The Bertz CT molecular complexity index is 482. The molecule has 0 fully saturated rings. The predicted molar refractivity (Wildman–Crippen MR) is 78.2 cm³/mol. The van der Waals surface area contributed by atoms with Crippen LogP contribution in [0.2, 0.25) is 0 Å². The van der Waals surface area contributed by atoms with E-state index in [1.165, 1.54) is 0 Å². The van der Waals surface area contributed by atoms with E-state index in [1.54, 1.807) is 4.90 Å². The van der Waals surface area contributed by atoms with Crippen molar-refractivity contribution in [3.05, 3.63) is 24.3 Å². The molecule has 0 bridgehead atoms. The van der Waals surface area contributed by atoms with Gasteiger partial charge in [0.15, 0.2) is 6.61 Å². The Morgan fingerprint density at radius 1 is 1.40 bits per heavy atom. The van der Waals surface area contributed by atoms with E-state index >= 15 is 0 Å². The van der Waals surface area contributed by atoms with Crippen LogP contribution in [0.4, 0.5) is 5.69 Å². The molecule has 3 N–H and O–H groups in total. The van der Waals surface area contributed by atoms with Crippen molar-refractivity contribution in [2.45, 2.75) is 6.42 Å². The Morgan fingerprint density at radius 2 is 2.15 bits per heavy atom. The number of rotatable bonds is 5. The van der Waals surface area contributed by atoms with Crippen molar-refractivity contribution in [1.29, 1.82) is 0 Å². The Kier molecular flexibility index (Phi) is 6.27. The van der Waals surface area contributed by atoms with Gasteiger partial charge in [-0.2, -0.15) is 0 Å². The number of carbonyl (C=O) groups is 2. The standard InChI is InChI=1S/C13H17N3O3.ClH/c14-8-12(17)15-6-3-7-16-10-4-1-2-5-11(10)19-9-13(16)18;/h1-2,4-5H,3,6-9,14H2,(H,15,17);1H. The summed E-state index contributed by atoms with van der Waals surface area (Å²) in [5.74, 6) is 0.464. The Balaban J connectivity index is 0.00000200. The lowest BCUT2D eigenvalue weighted by molar-refractivity contribution is -0.121. The maximum atomic E-state index is 11.8. The third-order valence-corrected chi connectivity index (χ3v) is 2.87. The van der Waals surface area contributed by atoms with Gasteiger partial charge in [0.05, 0.1) is 12.2 Å². The van der Waals surface area contributed by atoms with Gasteiger partial charge in [-0.05, 0) is 18.6 Å². The van der Waals surface area contributed by atoms with Gasteiger partial charge in [0.2, 0.25) is 5.91 Å². The van der Waals surface area contributed by atoms with E-state index in [2.05, 4.69) is 5.32 Å². The normalized spacial score (nSPS) is 13.1. The number of para-hydroxylation sites is 2. The zero-order valence-corrected chi connectivity index (χ0v) is 11.8. The summed E-state index contributed by atoms with van der Waals surface area (Å²) in [4.78, 5) is 24.5. The number of nitrogens with two attached hydrogens (primary N) is 1. The third-order valence-electron chi connectivity index (χ3n) is 2.87. The van der Waals surface area contributed by atoms with E-state index in [9.17, 15) is 9.59 Å². The van der Waals surface area contributed by atoms with E-state index in [-0.39, 0.29) is 37.4 Å². The molecule has 1 aliphatic rings. The molecule has 0 unspecified atom stereocenters. The third kappa shape index (κ3) is 3.85. The second-order valence-corrected chi connectivity index (χ2v) is 4.21. The fourth-order valence-corrected chi connectivity index (χ4v) is 1.94. The average molecular weight is 300 g/mol. The van der Waals surface area contributed by atoms with Gasteiger partial charge < -0.3 is 20.7 Å². The van der Waals surface area contributed by atoms with Crippen molar-refractivity contribution in [2.24, 2.45) is 5.73 Å². The van der Waals surface area contributed by atoms with Crippen LogP contribution in [0, 0.1) is 0 Å². The van der Waals surface area contributed by atoms with Crippen molar-refractivity contribution in [3.8, 4) is 5.75 Å². The van der Waals surface area contributed by atoms with Gasteiger partial charge in [-0.3, -0.25) is 9.59 Å². The number of ether oxygens (including phenoxy) is 1. The molecule has 20 heavy (non-hydrogen) atoms. The number of halogens is 1. The molecule has 0 aromatic heterocycles. The fraction of sp³-hybridized carbons (Fsp3) is 0.385. The van der Waals surface area contributed by atoms with Crippen LogP contribution >= 0.6 is 12.4 Å². The monoisotopic (exact) mass is 299 g/mol. The lowest BCUT2D eigenvalue weighted by atomic mass is 10.2. The first-order valence-corrected chi connectivity index (χ1v) is 6.21. The number of hydrogen-bond donors (Lipinski definition) is 2. The highest BCUT2D eigenvalue weighted by Crippen LogP contribution is 2.31. The van der Waals surface area contributed by atoms with Crippen LogP contribution in [0.15, 0.2) is 24.3 Å². The zero-order chi connectivity index (χ0) is 13.7. The topological polar surface area (TPSA) is 84.7 Å². The molecule has 6 nitrogen and oxygen atoms in total. The molecular formula is C13H18ClN3O3. The van der Waals surface area contributed by atoms with Gasteiger partial charge in [-0.25, -0.2) is 0 Å². The summed E-state index contributed by atoms with van der Waals surface area (Å²) >= 11 is 0. The van der Waals surface area contributed by atoms with Gasteiger partial charge in [-0.15, -0.1) is 12.4 Å². The minimum Gasteiger partial charge on any atom is -0.482 e. The van der Waals surface area contributed by atoms with Crippen molar-refractivity contribution in [2.75, 3.05) is 31.1 Å². The van der Waals surface area contributed by atoms with Crippen molar-refractivity contribution < 1.29 is 14.3 Å². The highest BCUT2D eigenvalue weighted by molar-refractivity contribution is 5.97. The van der Waals surface area contributed by atoms with Gasteiger partial charge in [0, 0.05) is 13.1 Å². The first kappa shape index (κ1) is 16.3. The molecule has 1 heterocycles. The molecule has 0 atom stereocenters. The molecule has 2 rings (SSSR count). The minimum atomic E-state index is -0.186. The summed E-state index contributed by atoms with van der Waals surface area (Å²) < 4.78 is 5.35. The number of anilines is 1. The van der Waals surface area contributed by atoms with Crippen molar-refractivity contribution in [1.82, 2.24) is 5.32 Å². The minimum absolute atomic E-state index is 0. The number of benzene rings is 1. The summed E-state index contributed by atoms with van der Waals surface area (Å²) in [5, 5.41) is 2.68. The van der Waals surface area contributed by atoms with E-state index in [0.717, 1.165) is 5.69 Å². The molecule has 110 valence electrons. The van der Waals surface area contributed by atoms with Crippen LogP contribution < -0.4 is 20.7 Å².